The predicted octanol–water partition coefficient (Wildman–Crippen LogP) is 2.25. The van der Waals surface area contributed by atoms with E-state index in [9.17, 15) is 5.11 Å². The average molecular weight is 348 g/mol. The van der Waals surface area contributed by atoms with Crippen LogP contribution in [0.3, 0.4) is 0 Å². The minimum Gasteiger partial charge on any atom is -0.491 e. The Bertz CT molecular complexity index is 531. The molecule has 3 rings (SSSR count). The van der Waals surface area contributed by atoms with Crippen LogP contribution in [0.1, 0.15) is 44.8 Å². The minimum atomic E-state index is -0.521. The Kier molecular flexibility index (Phi) is 6.70. The highest BCUT2D eigenvalue weighted by atomic mass is 16.5. The van der Waals surface area contributed by atoms with E-state index in [1.807, 2.05) is 38.1 Å². The van der Waals surface area contributed by atoms with Crippen LogP contribution in [-0.2, 0) is 4.74 Å². The third-order valence-electron chi connectivity index (χ3n) is 5.22. The highest BCUT2D eigenvalue weighted by molar-refractivity contribution is 5.30. The number of benzene rings is 1. The molecule has 1 aliphatic heterocycles. The molecule has 1 aliphatic carbocycles. The monoisotopic (exact) mass is 348 g/mol. The summed E-state index contributed by atoms with van der Waals surface area (Å²) >= 11 is 0. The number of aliphatic hydroxyl groups excluding tert-OH is 1. The smallest absolute Gasteiger partial charge is 0.120 e. The van der Waals surface area contributed by atoms with E-state index in [2.05, 4.69) is 10.6 Å². The predicted molar refractivity (Wildman–Crippen MR) is 98.9 cm³/mol. The zero-order chi connectivity index (χ0) is 17.6. The topological polar surface area (TPSA) is 62.8 Å². The minimum absolute atomic E-state index is 0.134. The van der Waals surface area contributed by atoms with Crippen molar-refractivity contribution in [2.45, 2.75) is 57.4 Å². The SMILES string of the molecule is CC(C)Oc1cccc(C(O)CNC2CCCC2C2COCCN2)c1. The van der Waals surface area contributed by atoms with E-state index in [0.717, 1.165) is 31.1 Å². The lowest BCUT2D eigenvalue weighted by Crippen LogP contribution is -2.51. The molecular formula is C20H32N2O3. The lowest BCUT2D eigenvalue weighted by Gasteiger charge is -2.33. The van der Waals surface area contributed by atoms with Gasteiger partial charge in [0.25, 0.3) is 0 Å². The second kappa shape index (κ2) is 8.99. The van der Waals surface area contributed by atoms with Gasteiger partial charge in [-0.05, 0) is 50.3 Å². The molecule has 1 aromatic carbocycles. The van der Waals surface area contributed by atoms with E-state index in [-0.39, 0.29) is 6.10 Å². The van der Waals surface area contributed by atoms with Crippen LogP contribution in [0, 0.1) is 5.92 Å². The standard InChI is InChI=1S/C20H32N2O3/c1-14(2)25-16-6-3-5-15(11-16)20(23)12-22-18-8-4-7-17(18)19-13-24-10-9-21-19/h3,5-6,11,14,17-23H,4,7-10,12-13H2,1-2H3. The zero-order valence-corrected chi connectivity index (χ0v) is 15.4. The maximum absolute atomic E-state index is 10.6. The van der Waals surface area contributed by atoms with Crippen molar-refractivity contribution in [3.63, 3.8) is 0 Å². The number of morpholine rings is 1. The van der Waals surface area contributed by atoms with E-state index in [4.69, 9.17) is 9.47 Å². The first-order valence-electron chi connectivity index (χ1n) is 9.62. The molecule has 25 heavy (non-hydrogen) atoms. The van der Waals surface area contributed by atoms with Gasteiger partial charge < -0.3 is 25.2 Å². The Hall–Kier alpha value is -1.14. The van der Waals surface area contributed by atoms with E-state index in [1.54, 1.807) is 0 Å². The lowest BCUT2D eigenvalue weighted by atomic mass is 9.93. The highest BCUT2D eigenvalue weighted by Crippen LogP contribution is 2.30. The molecule has 1 heterocycles. The summed E-state index contributed by atoms with van der Waals surface area (Å²) in [5.41, 5.74) is 0.902. The third kappa shape index (κ3) is 5.17. The Balaban J connectivity index is 1.53. The number of nitrogens with one attached hydrogen (secondary N) is 2. The van der Waals surface area contributed by atoms with Crippen molar-refractivity contribution in [3.8, 4) is 5.75 Å². The Morgan fingerprint density at radius 3 is 3.00 bits per heavy atom. The average Bonchev–Trinajstić information content (AvgIpc) is 3.08. The molecule has 0 radical (unpaired) electrons. The first kappa shape index (κ1) is 18.6. The number of aliphatic hydroxyl groups is 1. The van der Waals surface area contributed by atoms with E-state index < -0.39 is 6.10 Å². The van der Waals surface area contributed by atoms with Crippen molar-refractivity contribution >= 4 is 0 Å². The van der Waals surface area contributed by atoms with Gasteiger partial charge in [-0.3, -0.25) is 0 Å². The Morgan fingerprint density at radius 2 is 2.24 bits per heavy atom. The van der Waals surface area contributed by atoms with Crippen LogP contribution >= 0.6 is 0 Å². The molecule has 1 aromatic rings. The highest BCUT2D eigenvalue weighted by Gasteiger charge is 2.34. The van der Waals surface area contributed by atoms with Gasteiger partial charge in [-0.1, -0.05) is 18.6 Å². The van der Waals surface area contributed by atoms with E-state index >= 15 is 0 Å². The van der Waals surface area contributed by atoms with Gasteiger partial charge in [-0.2, -0.15) is 0 Å². The maximum Gasteiger partial charge on any atom is 0.120 e. The fourth-order valence-corrected chi connectivity index (χ4v) is 4.03. The maximum atomic E-state index is 10.6. The van der Waals surface area contributed by atoms with Crippen molar-refractivity contribution in [3.05, 3.63) is 29.8 Å². The molecule has 140 valence electrons. The first-order valence-corrected chi connectivity index (χ1v) is 9.62. The van der Waals surface area contributed by atoms with Crippen LogP contribution in [0.15, 0.2) is 24.3 Å². The Labute approximate surface area is 151 Å². The summed E-state index contributed by atoms with van der Waals surface area (Å²) in [6, 6.07) is 8.66. The lowest BCUT2D eigenvalue weighted by molar-refractivity contribution is 0.0513. The molecule has 4 unspecified atom stereocenters. The summed E-state index contributed by atoms with van der Waals surface area (Å²) in [6.45, 7) is 7.15. The van der Waals surface area contributed by atoms with E-state index in [0.29, 0.717) is 24.5 Å². The number of hydrogen-bond donors (Lipinski definition) is 3. The molecule has 0 spiro atoms. The molecule has 0 amide bonds. The van der Waals surface area contributed by atoms with Crippen LogP contribution < -0.4 is 15.4 Å². The molecule has 5 nitrogen and oxygen atoms in total. The summed E-state index contributed by atoms with van der Waals surface area (Å²) in [4.78, 5) is 0. The van der Waals surface area contributed by atoms with Gasteiger partial charge in [-0.25, -0.2) is 0 Å². The quantitative estimate of drug-likeness (QED) is 0.705. The van der Waals surface area contributed by atoms with Crippen LogP contribution in [0.2, 0.25) is 0 Å². The van der Waals surface area contributed by atoms with Crippen molar-refractivity contribution in [1.82, 2.24) is 10.6 Å². The molecule has 3 N–H and O–H groups in total. The van der Waals surface area contributed by atoms with Gasteiger partial charge in [-0.15, -0.1) is 0 Å². The second-order valence-electron chi connectivity index (χ2n) is 7.50. The molecule has 1 saturated carbocycles. The summed E-state index contributed by atoms with van der Waals surface area (Å²) in [6.07, 6.45) is 3.26. The van der Waals surface area contributed by atoms with Gasteiger partial charge in [0.1, 0.15) is 5.75 Å². The fraction of sp³-hybridized carbons (Fsp3) is 0.700. The van der Waals surface area contributed by atoms with Crippen molar-refractivity contribution in [2.24, 2.45) is 5.92 Å². The van der Waals surface area contributed by atoms with Crippen LogP contribution in [-0.4, -0.2) is 49.6 Å². The number of hydrogen-bond acceptors (Lipinski definition) is 5. The Morgan fingerprint density at radius 1 is 1.36 bits per heavy atom. The van der Waals surface area contributed by atoms with Gasteiger partial charge >= 0.3 is 0 Å². The third-order valence-corrected chi connectivity index (χ3v) is 5.22. The normalized spacial score (nSPS) is 28.2. The van der Waals surface area contributed by atoms with Crippen LogP contribution in [0.25, 0.3) is 0 Å². The fourth-order valence-electron chi connectivity index (χ4n) is 4.03. The number of rotatable bonds is 7. The van der Waals surface area contributed by atoms with Gasteiger partial charge in [0.2, 0.25) is 0 Å². The van der Waals surface area contributed by atoms with Gasteiger partial charge in [0.15, 0.2) is 0 Å². The van der Waals surface area contributed by atoms with Gasteiger partial charge in [0, 0.05) is 25.2 Å². The summed E-state index contributed by atoms with van der Waals surface area (Å²) in [7, 11) is 0. The first-order chi connectivity index (χ1) is 12.1. The van der Waals surface area contributed by atoms with Crippen molar-refractivity contribution in [1.29, 1.82) is 0 Å². The molecule has 4 atom stereocenters. The van der Waals surface area contributed by atoms with Crippen molar-refractivity contribution in [2.75, 3.05) is 26.3 Å². The van der Waals surface area contributed by atoms with Crippen molar-refractivity contribution < 1.29 is 14.6 Å². The molecule has 1 saturated heterocycles. The molecule has 0 aromatic heterocycles. The zero-order valence-electron chi connectivity index (χ0n) is 15.4. The van der Waals surface area contributed by atoms with Gasteiger partial charge in [0.05, 0.1) is 25.4 Å². The molecule has 0 bridgehead atoms. The molecule has 2 fully saturated rings. The molecular weight excluding hydrogens is 316 g/mol. The number of ether oxygens (including phenoxy) is 2. The summed E-state index contributed by atoms with van der Waals surface area (Å²) in [5.74, 6) is 1.40. The summed E-state index contributed by atoms with van der Waals surface area (Å²) in [5, 5.41) is 17.8. The summed E-state index contributed by atoms with van der Waals surface area (Å²) < 4.78 is 11.4. The van der Waals surface area contributed by atoms with Crippen LogP contribution in [0.4, 0.5) is 0 Å². The second-order valence-corrected chi connectivity index (χ2v) is 7.50. The molecule has 5 heteroatoms. The largest absolute Gasteiger partial charge is 0.491 e. The molecule has 2 aliphatic rings. The van der Waals surface area contributed by atoms with Crippen LogP contribution in [0.5, 0.6) is 5.75 Å². The van der Waals surface area contributed by atoms with E-state index in [1.165, 1.54) is 19.3 Å².